The van der Waals surface area contributed by atoms with Crippen LogP contribution in [0.4, 0.5) is 0 Å². The second-order valence-electron chi connectivity index (χ2n) is 7.26. The lowest BCUT2D eigenvalue weighted by atomic mass is 9.91. The molecule has 0 amide bonds. The summed E-state index contributed by atoms with van der Waals surface area (Å²) >= 11 is 0. The molecule has 2 fully saturated rings. The number of piperidine rings is 1. The molecule has 1 N–H and O–H groups in total. The van der Waals surface area contributed by atoms with E-state index >= 15 is 0 Å². The van der Waals surface area contributed by atoms with Crippen LogP contribution in [0.25, 0.3) is 0 Å². The monoisotopic (exact) mass is 303 g/mol. The van der Waals surface area contributed by atoms with Crippen molar-refractivity contribution >= 4 is 0 Å². The summed E-state index contributed by atoms with van der Waals surface area (Å²) in [5, 5.41) is 10.8. The van der Waals surface area contributed by atoms with Crippen molar-refractivity contribution in [2.75, 3.05) is 19.7 Å². The van der Waals surface area contributed by atoms with Crippen LogP contribution in [0.1, 0.15) is 49.7 Å². The lowest BCUT2D eigenvalue weighted by Crippen LogP contribution is -2.50. The second kappa shape index (κ2) is 6.59. The molecule has 1 aliphatic carbocycles. The highest BCUT2D eigenvalue weighted by atomic mass is 16.5. The predicted molar refractivity (Wildman–Crippen MR) is 89.4 cm³/mol. The molecule has 3 rings (SSSR count). The first-order valence-corrected chi connectivity index (χ1v) is 8.72. The first-order chi connectivity index (χ1) is 10.6. The van der Waals surface area contributed by atoms with E-state index in [1.165, 1.54) is 31.2 Å². The lowest BCUT2D eigenvalue weighted by Gasteiger charge is -2.40. The maximum Gasteiger partial charge on any atom is 0.122 e. The van der Waals surface area contributed by atoms with Crippen molar-refractivity contribution in [3.8, 4) is 5.75 Å². The third kappa shape index (κ3) is 3.64. The largest absolute Gasteiger partial charge is 0.490 e. The van der Waals surface area contributed by atoms with Gasteiger partial charge in [-0.05, 0) is 51.2 Å². The van der Waals surface area contributed by atoms with Gasteiger partial charge in [0.05, 0.1) is 0 Å². The topological polar surface area (TPSA) is 32.7 Å². The van der Waals surface area contributed by atoms with Crippen LogP contribution in [0.15, 0.2) is 18.2 Å². The van der Waals surface area contributed by atoms with Gasteiger partial charge in [0.15, 0.2) is 0 Å². The van der Waals surface area contributed by atoms with Gasteiger partial charge in [0.25, 0.3) is 0 Å². The zero-order valence-electron chi connectivity index (χ0n) is 14.0. The summed E-state index contributed by atoms with van der Waals surface area (Å²) in [6.45, 7) is 6.59. The normalized spacial score (nSPS) is 22.9. The molecule has 0 spiro atoms. The summed E-state index contributed by atoms with van der Waals surface area (Å²) in [5.41, 5.74) is 1.73. The summed E-state index contributed by atoms with van der Waals surface area (Å²) in [7, 11) is 0. The minimum absolute atomic E-state index is 0.412. The van der Waals surface area contributed by atoms with Crippen LogP contribution in [0, 0.1) is 13.8 Å². The second-order valence-corrected chi connectivity index (χ2v) is 7.26. The van der Waals surface area contributed by atoms with Gasteiger partial charge < -0.3 is 14.7 Å². The molecule has 1 aromatic carbocycles. The van der Waals surface area contributed by atoms with Crippen LogP contribution in [0.2, 0.25) is 0 Å². The van der Waals surface area contributed by atoms with Crippen LogP contribution < -0.4 is 4.74 Å². The molecule has 3 nitrogen and oxygen atoms in total. The molecule has 1 saturated heterocycles. The van der Waals surface area contributed by atoms with Crippen LogP contribution in [-0.2, 0) is 0 Å². The zero-order chi connectivity index (χ0) is 15.6. The maximum atomic E-state index is 10.8. The van der Waals surface area contributed by atoms with E-state index in [1.807, 2.05) is 6.07 Å². The van der Waals surface area contributed by atoms with Crippen LogP contribution in [0.5, 0.6) is 5.75 Å². The number of benzene rings is 1. The SMILES string of the molecule is Cc1ccc(OCC2(O)CCN(C3CCCC3)CC2)c(C)c1. The van der Waals surface area contributed by atoms with Gasteiger partial charge in [-0.15, -0.1) is 0 Å². The van der Waals surface area contributed by atoms with Crippen molar-refractivity contribution in [3.63, 3.8) is 0 Å². The molecule has 1 aromatic rings. The average Bonchev–Trinajstić information content (AvgIpc) is 3.01. The van der Waals surface area contributed by atoms with Gasteiger partial charge in [-0.1, -0.05) is 30.5 Å². The van der Waals surface area contributed by atoms with E-state index < -0.39 is 5.60 Å². The van der Waals surface area contributed by atoms with Crippen molar-refractivity contribution in [1.82, 2.24) is 4.90 Å². The van der Waals surface area contributed by atoms with E-state index in [0.29, 0.717) is 6.61 Å². The molecular formula is C19H29NO2. The van der Waals surface area contributed by atoms with Gasteiger partial charge in [0.1, 0.15) is 18.0 Å². The zero-order valence-corrected chi connectivity index (χ0v) is 14.0. The minimum atomic E-state index is -0.660. The van der Waals surface area contributed by atoms with Crippen LogP contribution >= 0.6 is 0 Å². The van der Waals surface area contributed by atoms with E-state index in [1.54, 1.807) is 0 Å². The highest BCUT2D eigenvalue weighted by Crippen LogP contribution is 2.30. The molecular weight excluding hydrogens is 274 g/mol. The number of nitrogens with zero attached hydrogens (tertiary/aromatic N) is 1. The standard InChI is InChI=1S/C19H29NO2/c1-15-7-8-18(16(2)13-15)22-14-19(21)9-11-20(12-10-19)17-5-3-4-6-17/h7-8,13,17,21H,3-6,9-12,14H2,1-2H3. The van der Waals surface area contributed by atoms with Crippen molar-refractivity contribution in [2.24, 2.45) is 0 Å². The summed E-state index contributed by atoms with van der Waals surface area (Å²) in [4.78, 5) is 2.58. The average molecular weight is 303 g/mol. The van der Waals surface area contributed by atoms with Crippen molar-refractivity contribution in [3.05, 3.63) is 29.3 Å². The molecule has 122 valence electrons. The van der Waals surface area contributed by atoms with Gasteiger partial charge in [-0.25, -0.2) is 0 Å². The molecule has 0 atom stereocenters. The number of hydrogen-bond donors (Lipinski definition) is 1. The molecule has 2 aliphatic rings. The third-order valence-corrected chi connectivity index (χ3v) is 5.40. The highest BCUT2D eigenvalue weighted by molar-refractivity contribution is 5.35. The summed E-state index contributed by atoms with van der Waals surface area (Å²) in [6, 6.07) is 6.98. The summed E-state index contributed by atoms with van der Waals surface area (Å²) in [6.07, 6.45) is 7.10. The van der Waals surface area contributed by atoms with Crippen molar-refractivity contribution < 1.29 is 9.84 Å². The molecule has 3 heteroatoms. The fourth-order valence-electron chi connectivity index (χ4n) is 3.89. The first-order valence-electron chi connectivity index (χ1n) is 8.72. The fraction of sp³-hybridized carbons (Fsp3) is 0.684. The van der Waals surface area contributed by atoms with Gasteiger partial charge >= 0.3 is 0 Å². The fourth-order valence-corrected chi connectivity index (χ4v) is 3.89. The van der Waals surface area contributed by atoms with Gasteiger partial charge in [0, 0.05) is 19.1 Å². The smallest absolute Gasteiger partial charge is 0.122 e. The summed E-state index contributed by atoms with van der Waals surface area (Å²) < 4.78 is 5.93. The number of ether oxygens (including phenoxy) is 1. The molecule has 22 heavy (non-hydrogen) atoms. The predicted octanol–water partition coefficient (Wildman–Crippen LogP) is 3.45. The van der Waals surface area contributed by atoms with E-state index in [2.05, 4.69) is 30.9 Å². The molecule has 0 bridgehead atoms. The number of likely N-dealkylation sites (tertiary alicyclic amines) is 1. The highest BCUT2D eigenvalue weighted by Gasteiger charge is 2.36. The van der Waals surface area contributed by atoms with Gasteiger partial charge in [0.2, 0.25) is 0 Å². The van der Waals surface area contributed by atoms with E-state index in [9.17, 15) is 5.11 Å². The number of hydrogen-bond acceptors (Lipinski definition) is 3. The van der Waals surface area contributed by atoms with Crippen LogP contribution in [0.3, 0.4) is 0 Å². The number of aryl methyl sites for hydroxylation is 2. The van der Waals surface area contributed by atoms with Gasteiger partial charge in [-0.2, -0.15) is 0 Å². The Balaban J connectivity index is 1.52. The van der Waals surface area contributed by atoms with E-state index in [0.717, 1.165) is 43.3 Å². The Morgan fingerprint density at radius 2 is 1.86 bits per heavy atom. The lowest BCUT2D eigenvalue weighted by molar-refractivity contribution is -0.0590. The Morgan fingerprint density at radius 1 is 1.18 bits per heavy atom. The number of rotatable bonds is 4. The Hall–Kier alpha value is -1.06. The van der Waals surface area contributed by atoms with Crippen molar-refractivity contribution in [1.29, 1.82) is 0 Å². The summed E-state index contributed by atoms with van der Waals surface area (Å²) in [5.74, 6) is 0.900. The molecule has 1 heterocycles. The van der Waals surface area contributed by atoms with E-state index in [4.69, 9.17) is 4.74 Å². The molecule has 0 unspecified atom stereocenters. The maximum absolute atomic E-state index is 10.8. The van der Waals surface area contributed by atoms with Crippen LogP contribution in [-0.4, -0.2) is 41.3 Å². The quantitative estimate of drug-likeness (QED) is 0.924. The molecule has 0 aromatic heterocycles. The first kappa shape index (κ1) is 15.8. The Labute approximate surface area is 134 Å². The Bertz CT molecular complexity index is 500. The Kier molecular flexibility index (Phi) is 4.74. The third-order valence-electron chi connectivity index (χ3n) is 5.40. The van der Waals surface area contributed by atoms with E-state index in [-0.39, 0.29) is 0 Å². The minimum Gasteiger partial charge on any atom is -0.490 e. The molecule has 1 aliphatic heterocycles. The number of aliphatic hydroxyl groups is 1. The molecule has 1 saturated carbocycles. The van der Waals surface area contributed by atoms with Gasteiger partial charge in [-0.3, -0.25) is 0 Å². The van der Waals surface area contributed by atoms with Crippen molar-refractivity contribution in [2.45, 2.75) is 64.0 Å². The molecule has 0 radical (unpaired) electrons. The Morgan fingerprint density at radius 3 is 2.50 bits per heavy atom.